The summed E-state index contributed by atoms with van der Waals surface area (Å²) in [6.45, 7) is 6.52. The summed E-state index contributed by atoms with van der Waals surface area (Å²) in [4.78, 5) is 34.8. The van der Waals surface area contributed by atoms with E-state index in [1.54, 1.807) is 17.0 Å². The third-order valence-electron chi connectivity index (χ3n) is 6.66. The van der Waals surface area contributed by atoms with Crippen LogP contribution < -0.4 is 4.90 Å². The summed E-state index contributed by atoms with van der Waals surface area (Å²) in [6, 6.07) is 12.8. The molecule has 0 spiro atoms. The zero-order chi connectivity index (χ0) is 24.4. The average Bonchev–Trinajstić information content (AvgIpc) is 3.57. The van der Waals surface area contributed by atoms with Gasteiger partial charge in [-0.3, -0.25) is 19.8 Å². The first-order valence-electron chi connectivity index (χ1n) is 11.9. The molecule has 0 atom stereocenters. The monoisotopic (exact) mass is 476 g/mol. The van der Waals surface area contributed by atoms with Crippen LogP contribution in [-0.4, -0.2) is 70.0 Å². The molecule has 1 amide bonds. The highest BCUT2D eigenvalue weighted by Gasteiger charge is 2.27. The van der Waals surface area contributed by atoms with Gasteiger partial charge in [0, 0.05) is 56.5 Å². The predicted octanol–water partition coefficient (Wildman–Crippen LogP) is 3.51. The molecular weight excluding hydrogens is 448 g/mol. The molecule has 3 heterocycles. The van der Waals surface area contributed by atoms with Gasteiger partial charge in [-0.25, -0.2) is 0 Å². The molecule has 10 heteroatoms. The molecule has 1 aromatic heterocycles. The van der Waals surface area contributed by atoms with Gasteiger partial charge in [-0.15, -0.1) is 0 Å². The van der Waals surface area contributed by atoms with E-state index in [1.807, 2.05) is 36.1 Å². The van der Waals surface area contributed by atoms with E-state index in [1.165, 1.54) is 11.6 Å². The second-order valence-corrected chi connectivity index (χ2v) is 9.10. The third-order valence-corrected chi connectivity index (χ3v) is 6.66. The fourth-order valence-corrected chi connectivity index (χ4v) is 4.65. The summed E-state index contributed by atoms with van der Waals surface area (Å²) >= 11 is 0. The Hall–Kier alpha value is -3.79. The maximum Gasteiger partial charge on any atom is 0.293 e. The van der Waals surface area contributed by atoms with Crippen LogP contribution >= 0.6 is 0 Å². The van der Waals surface area contributed by atoms with Gasteiger partial charge in [0.2, 0.25) is 11.7 Å². The molecule has 3 aromatic rings. The van der Waals surface area contributed by atoms with E-state index in [4.69, 9.17) is 4.52 Å². The number of piperazine rings is 1. The summed E-state index contributed by atoms with van der Waals surface area (Å²) in [5.74, 6) is 0.918. The van der Waals surface area contributed by atoms with Crippen LogP contribution in [0.25, 0.3) is 11.4 Å². The van der Waals surface area contributed by atoms with Gasteiger partial charge in [-0.05, 0) is 31.9 Å². The van der Waals surface area contributed by atoms with E-state index in [0.29, 0.717) is 55.7 Å². The molecular formula is C25H28N6O4. The molecule has 0 radical (unpaired) electrons. The van der Waals surface area contributed by atoms with Crippen LogP contribution in [0.1, 0.15) is 34.7 Å². The molecule has 2 saturated heterocycles. The van der Waals surface area contributed by atoms with E-state index >= 15 is 0 Å². The van der Waals surface area contributed by atoms with Crippen molar-refractivity contribution >= 4 is 17.3 Å². The van der Waals surface area contributed by atoms with Gasteiger partial charge in [-0.1, -0.05) is 35.0 Å². The maximum atomic E-state index is 13.1. The van der Waals surface area contributed by atoms with Crippen molar-refractivity contribution in [1.29, 1.82) is 0 Å². The molecule has 10 nitrogen and oxygen atoms in total. The number of carbonyl (C=O) groups excluding carboxylic acids is 1. The largest absolute Gasteiger partial charge is 0.366 e. The standard InChI is InChI=1S/C25H28N6O4/c1-18-4-6-19(7-5-18)24-26-23(35-27-24)17-28-12-14-30(15-13-28)25(32)20-8-9-21(22(16-20)31(33)34)29-10-2-3-11-29/h4-9,16H,2-3,10-15,17H2,1H3. The summed E-state index contributed by atoms with van der Waals surface area (Å²) in [6.07, 6.45) is 2.05. The van der Waals surface area contributed by atoms with Gasteiger partial charge in [0.15, 0.2) is 0 Å². The number of aryl methyl sites for hydroxylation is 1. The summed E-state index contributed by atoms with van der Waals surface area (Å²) < 4.78 is 5.43. The summed E-state index contributed by atoms with van der Waals surface area (Å²) in [5.41, 5.74) is 3.02. The molecule has 0 bridgehead atoms. The Balaban J connectivity index is 1.20. The lowest BCUT2D eigenvalue weighted by Crippen LogP contribution is -2.48. The Morgan fingerprint density at radius 1 is 1.03 bits per heavy atom. The second kappa shape index (κ2) is 9.83. The third kappa shape index (κ3) is 5.02. The van der Waals surface area contributed by atoms with Crippen molar-refractivity contribution in [2.45, 2.75) is 26.3 Å². The van der Waals surface area contributed by atoms with Gasteiger partial charge in [0.25, 0.3) is 11.6 Å². The predicted molar refractivity (Wildman–Crippen MR) is 130 cm³/mol. The number of benzene rings is 2. The van der Waals surface area contributed by atoms with Gasteiger partial charge in [0.1, 0.15) is 5.69 Å². The molecule has 35 heavy (non-hydrogen) atoms. The van der Waals surface area contributed by atoms with Crippen LogP contribution in [-0.2, 0) is 6.54 Å². The van der Waals surface area contributed by atoms with E-state index < -0.39 is 4.92 Å². The molecule has 2 fully saturated rings. The molecule has 0 unspecified atom stereocenters. The maximum absolute atomic E-state index is 13.1. The van der Waals surface area contributed by atoms with Crippen LogP contribution in [0.4, 0.5) is 11.4 Å². The SMILES string of the molecule is Cc1ccc(-c2noc(CN3CCN(C(=O)c4ccc(N5CCCC5)c([N+](=O)[O-])c4)CC3)n2)cc1. The fourth-order valence-electron chi connectivity index (χ4n) is 4.65. The summed E-state index contributed by atoms with van der Waals surface area (Å²) in [7, 11) is 0. The second-order valence-electron chi connectivity index (χ2n) is 9.10. The van der Waals surface area contributed by atoms with Crippen molar-refractivity contribution < 1.29 is 14.2 Å². The van der Waals surface area contributed by atoms with Crippen molar-refractivity contribution in [3.05, 3.63) is 69.6 Å². The van der Waals surface area contributed by atoms with Crippen molar-refractivity contribution in [3.8, 4) is 11.4 Å². The van der Waals surface area contributed by atoms with Crippen LogP contribution in [0.2, 0.25) is 0 Å². The topological polar surface area (TPSA) is 109 Å². The molecule has 2 aromatic carbocycles. The molecule has 182 valence electrons. The molecule has 2 aliphatic heterocycles. The number of anilines is 1. The number of nitro groups is 1. The number of nitro benzene ring substituents is 1. The molecule has 2 aliphatic rings. The smallest absolute Gasteiger partial charge is 0.293 e. The molecule has 0 saturated carbocycles. The Labute approximate surface area is 203 Å². The highest BCUT2D eigenvalue weighted by Crippen LogP contribution is 2.32. The first-order chi connectivity index (χ1) is 17.0. The number of hydrogen-bond acceptors (Lipinski definition) is 8. The van der Waals surface area contributed by atoms with Crippen molar-refractivity contribution in [2.75, 3.05) is 44.2 Å². The highest BCUT2D eigenvalue weighted by molar-refractivity contribution is 5.96. The van der Waals surface area contributed by atoms with Crippen molar-refractivity contribution in [2.24, 2.45) is 0 Å². The normalized spacial score (nSPS) is 16.6. The lowest BCUT2D eigenvalue weighted by Gasteiger charge is -2.34. The van der Waals surface area contributed by atoms with Crippen molar-refractivity contribution in [1.82, 2.24) is 19.9 Å². The summed E-state index contributed by atoms with van der Waals surface area (Å²) in [5, 5.41) is 15.8. The fraction of sp³-hybridized carbons (Fsp3) is 0.400. The zero-order valence-electron chi connectivity index (χ0n) is 19.7. The lowest BCUT2D eigenvalue weighted by atomic mass is 10.1. The van der Waals surface area contributed by atoms with Crippen LogP contribution in [0.5, 0.6) is 0 Å². The average molecular weight is 477 g/mol. The van der Waals surface area contributed by atoms with E-state index in [2.05, 4.69) is 15.0 Å². The number of rotatable bonds is 6. The van der Waals surface area contributed by atoms with Crippen molar-refractivity contribution in [3.63, 3.8) is 0 Å². The Morgan fingerprint density at radius 3 is 2.43 bits per heavy atom. The highest BCUT2D eigenvalue weighted by atomic mass is 16.6. The van der Waals surface area contributed by atoms with Gasteiger partial charge in [-0.2, -0.15) is 4.98 Å². The number of amides is 1. The van der Waals surface area contributed by atoms with E-state index in [-0.39, 0.29) is 11.6 Å². The lowest BCUT2D eigenvalue weighted by molar-refractivity contribution is -0.384. The molecule has 0 aliphatic carbocycles. The van der Waals surface area contributed by atoms with Gasteiger partial charge < -0.3 is 14.3 Å². The number of carbonyl (C=O) groups is 1. The number of nitrogens with zero attached hydrogens (tertiary/aromatic N) is 6. The Morgan fingerprint density at radius 2 is 1.74 bits per heavy atom. The number of hydrogen-bond donors (Lipinski definition) is 0. The minimum atomic E-state index is -0.391. The quantitative estimate of drug-likeness (QED) is 0.393. The Bertz CT molecular complexity index is 1210. The minimum absolute atomic E-state index is 0.00263. The van der Waals surface area contributed by atoms with Gasteiger partial charge >= 0.3 is 0 Å². The first kappa shape index (κ1) is 23.0. The first-order valence-corrected chi connectivity index (χ1v) is 11.9. The molecule has 5 rings (SSSR count). The van der Waals surface area contributed by atoms with E-state index in [0.717, 1.165) is 31.5 Å². The van der Waals surface area contributed by atoms with E-state index in [9.17, 15) is 14.9 Å². The number of aromatic nitrogens is 2. The zero-order valence-corrected chi connectivity index (χ0v) is 19.7. The van der Waals surface area contributed by atoms with Crippen LogP contribution in [0.3, 0.4) is 0 Å². The molecule has 0 N–H and O–H groups in total. The minimum Gasteiger partial charge on any atom is -0.366 e. The Kier molecular flexibility index (Phi) is 6.45. The van der Waals surface area contributed by atoms with Crippen LogP contribution in [0, 0.1) is 17.0 Å². The van der Waals surface area contributed by atoms with Crippen LogP contribution in [0.15, 0.2) is 47.0 Å². The van der Waals surface area contributed by atoms with Gasteiger partial charge in [0.05, 0.1) is 11.5 Å².